The third-order valence-electron chi connectivity index (χ3n) is 1.88. The molecule has 100 valence electrons. The number of benzene rings is 1. The van der Waals surface area contributed by atoms with Gasteiger partial charge >= 0.3 is 6.61 Å². The molecule has 0 aliphatic rings. The number of halogens is 2. The van der Waals surface area contributed by atoms with Crippen molar-refractivity contribution in [2.75, 3.05) is 20.3 Å². The first-order chi connectivity index (χ1) is 8.63. The molecule has 0 saturated heterocycles. The molecule has 0 spiro atoms. The summed E-state index contributed by atoms with van der Waals surface area (Å²) in [6, 6.07) is 5.41. The predicted octanol–water partition coefficient (Wildman–Crippen LogP) is 1.60. The molecule has 0 radical (unpaired) electrons. The number of ether oxygens (including phenoxy) is 2. The van der Waals surface area contributed by atoms with Gasteiger partial charge in [-0.3, -0.25) is 9.63 Å². The van der Waals surface area contributed by atoms with Gasteiger partial charge in [0.1, 0.15) is 5.75 Å². The zero-order valence-electron chi connectivity index (χ0n) is 9.69. The highest BCUT2D eigenvalue weighted by Gasteiger charge is 2.09. The fraction of sp³-hybridized carbons (Fsp3) is 0.364. The van der Waals surface area contributed by atoms with Crippen molar-refractivity contribution in [1.29, 1.82) is 0 Å². The molecule has 0 aliphatic carbocycles. The summed E-state index contributed by atoms with van der Waals surface area (Å²) in [5, 5.41) is 0. The Labute approximate surface area is 103 Å². The van der Waals surface area contributed by atoms with Crippen molar-refractivity contribution in [3.63, 3.8) is 0 Å². The minimum Gasteiger partial charge on any atom is -0.435 e. The first-order valence-corrected chi connectivity index (χ1v) is 5.09. The molecule has 7 heteroatoms. The van der Waals surface area contributed by atoms with Gasteiger partial charge in [0.15, 0.2) is 0 Å². The van der Waals surface area contributed by atoms with E-state index in [0.29, 0.717) is 6.61 Å². The average molecular weight is 261 g/mol. The van der Waals surface area contributed by atoms with Gasteiger partial charge < -0.3 is 9.47 Å². The minimum atomic E-state index is -2.93. The Morgan fingerprint density at radius 1 is 1.39 bits per heavy atom. The number of amides is 1. The number of methoxy groups -OCH3 is 1. The van der Waals surface area contributed by atoms with Crippen LogP contribution in [0, 0.1) is 0 Å². The number of carbonyl (C=O) groups is 1. The smallest absolute Gasteiger partial charge is 0.387 e. The summed E-state index contributed by atoms with van der Waals surface area (Å²) >= 11 is 0. The maximum Gasteiger partial charge on any atom is 0.387 e. The molecule has 1 amide bonds. The molecular weight excluding hydrogens is 248 g/mol. The number of carbonyl (C=O) groups excluding carboxylic acids is 1. The van der Waals surface area contributed by atoms with Crippen LogP contribution in [-0.2, 0) is 9.57 Å². The normalized spacial score (nSPS) is 10.4. The summed E-state index contributed by atoms with van der Waals surface area (Å²) < 4.78 is 32.8. The largest absolute Gasteiger partial charge is 0.435 e. The minimum absolute atomic E-state index is 0.0884. The molecule has 0 aliphatic heterocycles. The maximum atomic E-state index is 12.0. The molecule has 0 saturated carbocycles. The lowest BCUT2D eigenvalue weighted by Crippen LogP contribution is -2.25. The SMILES string of the molecule is COCCONC(=O)c1cccc(OC(F)F)c1. The van der Waals surface area contributed by atoms with Gasteiger partial charge in [0, 0.05) is 12.7 Å². The zero-order chi connectivity index (χ0) is 13.4. The van der Waals surface area contributed by atoms with Crippen LogP contribution >= 0.6 is 0 Å². The Hall–Kier alpha value is -1.73. The van der Waals surface area contributed by atoms with Gasteiger partial charge in [0.05, 0.1) is 13.2 Å². The van der Waals surface area contributed by atoms with E-state index in [4.69, 9.17) is 9.57 Å². The molecule has 1 aromatic carbocycles. The topological polar surface area (TPSA) is 56.8 Å². The Morgan fingerprint density at radius 3 is 2.83 bits per heavy atom. The van der Waals surface area contributed by atoms with E-state index >= 15 is 0 Å². The van der Waals surface area contributed by atoms with Gasteiger partial charge in [-0.2, -0.15) is 8.78 Å². The molecule has 1 aromatic rings. The Balaban J connectivity index is 2.51. The van der Waals surface area contributed by atoms with Crippen molar-refractivity contribution in [2.45, 2.75) is 6.61 Å². The lowest BCUT2D eigenvalue weighted by molar-refractivity contribution is -0.0499. The second-order valence-corrected chi connectivity index (χ2v) is 3.18. The van der Waals surface area contributed by atoms with Crippen LogP contribution in [0.15, 0.2) is 24.3 Å². The standard InChI is InChI=1S/C11H13F2NO4/c1-16-5-6-17-14-10(15)8-3-2-4-9(7-8)18-11(12)13/h2-4,7,11H,5-6H2,1H3,(H,14,15). The molecule has 0 fully saturated rings. The fourth-order valence-corrected chi connectivity index (χ4v) is 1.11. The average Bonchev–Trinajstić information content (AvgIpc) is 2.34. The second kappa shape index (κ2) is 7.57. The number of hydrogen-bond donors (Lipinski definition) is 1. The number of rotatable bonds is 7. The molecular formula is C11H13F2NO4. The van der Waals surface area contributed by atoms with E-state index in [0.717, 1.165) is 0 Å². The van der Waals surface area contributed by atoms with E-state index in [9.17, 15) is 13.6 Å². The summed E-state index contributed by atoms with van der Waals surface area (Å²) in [5.41, 5.74) is 2.31. The van der Waals surface area contributed by atoms with Crippen LogP contribution in [0.3, 0.4) is 0 Å². The third kappa shape index (κ3) is 5.07. The van der Waals surface area contributed by atoms with E-state index in [1.165, 1.54) is 31.4 Å². The number of nitrogens with one attached hydrogen (secondary N) is 1. The van der Waals surface area contributed by atoms with Crippen molar-refractivity contribution in [3.05, 3.63) is 29.8 Å². The molecule has 5 nitrogen and oxygen atoms in total. The van der Waals surface area contributed by atoms with E-state index in [2.05, 4.69) is 10.2 Å². The van der Waals surface area contributed by atoms with Crippen LogP contribution in [-0.4, -0.2) is 32.8 Å². The van der Waals surface area contributed by atoms with Gasteiger partial charge in [0.25, 0.3) is 5.91 Å². The highest BCUT2D eigenvalue weighted by Crippen LogP contribution is 2.15. The Bertz CT molecular complexity index is 387. The van der Waals surface area contributed by atoms with Crippen LogP contribution in [0.2, 0.25) is 0 Å². The van der Waals surface area contributed by atoms with E-state index in [1.807, 2.05) is 0 Å². The van der Waals surface area contributed by atoms with Crippen LogP contribution in [0.1, 0.15) is 10.4 Å². The van der Waals surface area contributed by atoms with Gasteiger partial charge in [-0.15, -0.1) is 0 Å². The molecule has 1 N–H and O–H groups in total. The second-order valence-electron chi connectivity index (χ2n) is 3.18. The quantitative estimate of drug-likeness (QED) is 0.598. The highest BCUT2D eigenvalue weighted by atomic mass is 19.3. The van der Waals surface area contributed by atoms with Crippen molar-refractivity contribution in [1.82, 2.24) is 5.48 Å². The number of hydrogen-bond acceptors (Lipinski definition) is 4. The molecule has 0 atom stereocenters. The lowest BCUT2D eigenvalue weighted by Gasteiger charge is -2.07. The monoisotopic (exact) mass is 261 g/mol. The van der Waals surface area contributed by atoms with Gasteiger partial charge in [-0.05, 0) is 18.2 Å². The van der Waals surface area contributed by atoms with Crippen molar-refractivity contribution < 1.29 is 27.9 Å². The van der Waals surface area contributed by atoms with Gasteiger partial charge in [0.2, 0.25) is 0 Å². The lowest BCUT2D eigenvalue weighted by atomic mass is 10.2. The number of alkyl halides is 2. The Kier molecular flexibility index (Phi) is 6.03. The van der Waals surface area contributed by atoms with Crippen molar-refractivity contribution in [2.24, 2.45) is 0 Å². The zero-order valence-corrected chi connectivity index (χ0v) is 9.69. The van der Waals surface area contributed by atoms with Gasteiger partial charge in [-0.1, -0.05) is 6.07 Å². The number of hydroxylamine groups is 1. The summed E-state index contributed by atoms with van der Waals surface area (Å²) in [6.07, 6.45) is 0. The fourth-order valence-electron chi connectivity index (χ4n) is 1.11. The third-order valence-corrected chi connectivity index (χ3v) is 1.88. The van der Waals surface area contributed by atoms with Crippen LogP contribution in [0.5, 0.6) is 5.75 Å². The summed E-state index contributed by atoms with van der Waals surface area (Å²) in [7, 11) is 1.50. The summed E-state index contributed by atoms with van der Waals surface area (Å²) in [6.45, 7) is -2.41. The maximum absolute atomic E-state index is 12.0. The first kappa shape index (κ1) is 14.3. The molecule has 1 rings (SSSR count). The summed E-state index contributed by atoms with van der Waals surface area (Å²) in [5.74, 6) is -0.639. The van der Waals surface area contributed by atoms with E-state index < -0.39 is 12.5 Å². The highest BCUT2D eigenvalue weighted by molar-refractivity contribution is 5.93. The van der Waals surface area contributed by atoms with Crippen LogP contribution in [0.4, 0.5) is 8.78 Å². The molecule has 0 heterocycles. The Morgan fingerprint density at radius 2 is 2.17 bits per heavy atom. The molecule has 0 bridgehead atoms. The predicted molar refractivity (Wildman–Crippen MR) is 58.4 cm³/mol. The van der Waals surface area contributed by atoms with E-state index in [1.54, 1.807) is 0 Å². The first-order valence-electron chi connectivity index (χ1n) is 5.09. The molecule has 0 unspecified atom stereocenters. The van der Waals surface area contributed by atoms with E-state index in [-0.39, 0.29) is 17.9 Å². The van der Waals surface area contributed by atoms with Crippen LogP contribution in [0.25, 0.3) is 0 Å². The molecule has 0 aromatic heterocycles. The van der Waals surface area contributed by atoms with Crippen LogP contribution < -0.4 is 10.2 Å². The molecule has 18 heavy (non-hydrogen) atoms. The summed E-state index contributed by atoms with van der Waals surface area (Å²) in [4.78, 5) is 16.3. The van der Waals surface area contributed by atoms with Gasteiger partial charge in [-0.25, -0.2) is 5.48 Å². The van der Waals surface area contributed by atoms with Crippen molar-refractivity contribution in [3.8, 4) is 5.75 Å². The van der Waals surface area contributed by atoms with Crippen molar-refractivity contribution >= 4 is 5.91 Å².